The lowest BCUT2D eigenvalue weighted by Gasteiger charge is -2.15. The Morgan fingerprint density at radius 1 is 1.11 bits per heavy atom. The van der Waals surface area contributed by atoms with Crippen LogP contribution in [0, 0.1) is 0 Å². The molecule has 1 aromatic carbocycles. The number of ether oxygens (including phenoxy) is 3. The van der Waals surface area contributed by atoms with E-state index in [4.69, 9.17) is 19.9 Å². The number of hydrogen-bond donors (Lipinski definition) is 1. The van der Waals surface area contributed by atoms with Crippen LogP contribution in [0.1, 0.15) is 25.8 Å². The molecule has 0 aliphatic carbocycles. The van der Waals surface area contributed by atoms with Gasteiger partial charge in [-0.05, 0) is 47.0 Å². The maximum Gasteiger partial charge on any atom is 0.175 e. The maximum absolute atomic E-state index is 5.73. The van der Waals surface area contributed by atoms with Gasteiger partial charge in [-0.2, -0.15) is 0 Å². The molecule has 0 saturated carbocycles. The number of halogens is 1. The molecular formula is C14H22BrNO3. The molecule has 0 bridgehead atoms. The fraction of sp³-hybridized carbons (Fsp3) is 0.571. The Balaban J connectivity index is 2.68. The zero-order valence-electron chi connectivity index (χ0n) is 11.6. The van der Waals surface area contributed by atoms with E-state index in [9.17, 15) is 0 Å². The SMILES string of the molecule is CCCOCCOc1c(Br)cc(CN)cc1OCC. The average Bonchev–Trinajstić information content (AvgIpc) is 2.41. The zero-order chi connectivity index (χ0) is 14.1. The van der Waals surface area contributed by atoms with Crippen LogP contribution in [0.15, 0.2) is 16.6 Å². The molecule has 0 amide bonds. The summed E-state index contributed by atoms with van der Waals surface area (Å²) in [4.78, 5) is 0. The normalized spacial score (nSPS) is 10.5. The van der Waals surface area contributed by atoms with Gasteiger partial charge >= 0.3 is 0 Å². The zero-order valence-corrected chi connectivity index (χ0v) is 13.2. The van der Waals surface area contributed by atoms with Crippen LogP contribution in [-0.2, 0) is 11.3 Å². The Morgan fingerprint density at radius 3 is 2.53 bits per heavy atom. The fourth-order valence-electron chi connectivity index (χ4n) is 1.59. The van der Waals surface area contributed by atoms with Crippen LogP contribution in [0.2, 0.25) is 0 Å². The lowest BCUT2D eigenvalue weighted by Crippen LogP contribution is -2.09. The summed E-state index contributed by atoms with van der Waals surface area (Å²) in [5.74, 6) is 1.42. The molecule has 0 fully saturated rings. The van der Waals surface area contributed by atoms with E-state index in [1.54, 1.807) is 0 Å². The monoisotopic (exact) mass is 331 g/mol. The van der Waals surface area contributed by atoms with Gasteiger partial charge in [0, 0.05) is 13.2 Å². The van der Waals surface area contributed by atoms with Gasteiger partial charge in [0.1, 0.15) is 6.61 Å². The molecule has 0 aromatic heterocycles. The van der Waals surface area contributed by atoms with Crippen LogP contribution in [-0.4, -0.2) is 26.4 Å². The number of benzene rings is 1. The lowest BCUT2D eigenvalue weighted by molar-refractivity contribution is 0.0989. The smallest absolute Gasteiger partial charge is 0.175 e. The van der Waals surface area contributed by atoms with E-state index >= 15 is 0 Å². The number of rotatable bonds is 9. The van der Waals surface area contributed by atoms with Gasteiger partial charge in [-0.3, -0.25) is 0 Å². The second-order valence-corrected chi connectivity index (χ2v) is 4.86. The third-order valence-electron chi connectivity index (χ3n) is 2.43. The third-order valence-corrected chi connectivity index (χ3v) is 3.02. The molecule has 0 spiro atoms. The second kappa shape index (κ2) is 9.18. The average molecular weight is 332 g/mol. The summed E-state index contributed by atoms with van der Waals surface area (Å²) in [5.41, 5.74) is 6.66. The summed E-state index contributed by atoms with van der Waals surface area (Å²) in [6, 6.07) is 3.86. The van der Waals surface area contributed by atoms with Crippen LogP contribution in [0.3, 0.4) is 0 Å². The molecule has 2 N–H and O–H groups in total. The van der Waals surface area contributed by atoms with Gasteiger partial charge in [-0.1, -0.05) is 6.92 Å². The third kappa shape index (κ3) is 5.38. The van der Waals surface area contributed by atoms with Crippen molar-refractivity contribution in [3.05, 3.63) is 22.2 Å². The molecule has 5 heteroatoms. The van der Waals surface area contributed by atoms with Gasteiger partial charge in [0.25, 0.3) is 0 Å². The highest BCUT2D eigenvalue weighted by atomic mass is 79.9. The van der Waals surface area contributed by atoms with E-state index in [1.807, 2.05) is 19.1 Å². The minimum absolute atomic E-state index is 0.471. The van der Waals surface area contributed by atoms with Gasteiger partial charge in [-0.15, -0.1) is 0 Å². The topological polar surface area (TPSA) is 53.7 Å². The van der Waals surface area contributed by atoms with E-state index < -0.39 is 0 Å². The largest absolute Gasteiger partial charge is 0.490 e. The van der Waals surface area contributed by atoms with E-state index in [-0.39, 0.29) is 0 Å². The first-order valence-corrected chi connectivity index (χ1v) is 7.38. The van der Waals surface area contributed by atoms with Gasteiger partial charge in [-0.25, -0.2) is 0 Å². The van der Waals surface area contributed by atoms with Gasteiger partial charge < -0.3 is 19.9 Å². The Hall–Kier alpha value is -0.780. The predicted octanol–water partition coefficient (Wildman–Crippen LogP) is 3.11. The maximum atomic E-state index is 5.73. The molecule has 0 saturated heterocycles. The van der Waals surface area contributed by atoms with Crippen LogP contribution >= 0.6 is 15.9 Å². The van der Waals surface area contributed by atoms with Crippen molar-refractivity contribution in [2.45, 2.75) is 26.8 Å². The summed E-state index contributed by atoms with van der Waals surface area (Å²) in [6.07, 6.45) is 1.01. The van der Waals surface area contributed by atoms with Crippen molar-refractivity contribution in [1.29, 1.82) is 0 Å². The Labute approximate surface area is 123 Å². The molecular weight excluding hydrogens is 310 g/mol. The summed E-state index contributed by atoms with van der Waals surface area (Å²) >= 11 is 3.49. The van der Waals surface area contributed by atoms with Crippen LogP contribution in [0.4, 0.5) is 0 Å². The van der Waals surface area contributed by atoms with Crippen molar-refractivity contribution in [3.63, 3.8) is 0 Å². The standard InChI is InChI=1S/C14H22BrNO3/c1-3-5-17-6-7-19-14-12(15)8-11(10-16)9-13(14)18-4-2/h8-9H,3-7,10,16H2,1-2H3. The second-order valence-electron chi connectivity index (χ2n) is 4.00. The molecule has 0 atom stereocenters. The van der Waals surface area contributed by atoms with E-state index in [1.165, 1.54) is 0 Å². The molecule has 108 valence electrons. The summed E-state index contributed by atoms with van der Waals surface area (Å²) in [5, 5.41) is 0. The highest BCUT2D eigenvalue weighted by molar-refractivity contribution is 9.10. The van der Waals surface area contributed by atoms with Crippen LogP contribution in [0.25, 0.3) is 0 Å². The Kier molecular flexibility index (Phi) is 7.86. The minimum Gasteiger partial charge on any atom is -0.490 e. The van der Waals surface area contributed by atoms with Crippen molar-refractivity contribution >= 4 is 15.9 Å². The molecule has 0 heterocycles. The quantitative estimate of drug-likeness (QED) is 0.706. The van der Waals surface area contributed by atoms with E-state index in [0.717, 1.165) is 23.1 Å². The number of nitrogens with two attached hydrogens (primary N) is 1. The van der Waals surface area contributed by atoms with Crippen LogP contribution < -0.4 is 15.2 Å². The molecule has 0 aliphatic heterocycles. The fourth-order valence-corrected chi connectivity index (χ4v) is 2.20. The van der Waals surface area contributed by atoms with Crippen molar-refractivity contribution in [3.8, 4) is 11.5 Å². The molecule has 19 heavy (non-hydrogen) atoms. The number of hydrogen-bond acceptors (Lipinski definition) is 4. The highest BCUT2D eigenvalue weighted by Crippen LogP contribution is 2.36. The predicted molar refractivity (Wildman–Crippen MR) is 79.8 cm³/mol. The first kappa shape index (κ1) is 16.3. The van der Waals surface area contributed by atoms with Crippen LogP contribution in [0.5, 0.6) is 11.5 Å². The molecule has 0 unspecified atom stereocenters. The first-order valence-electron chi connectivity index (χ1n) is 6.58. The van der Waals surface area contributed by atoms with Crippen molar-refractivity contribution in [2.75, 3.05) is 26.4 Å². The summed E-state index contributed by atoms with van der Waals surface area (Å²) in [6.45, 7) is 6.91. The molecule has 0 aliphatic rings. The molecule has 1 rings (SSSR count). The Morgan fingerprint density at radius 2 is 1.89 bits per heavy atom. The van der Waals surface area contributed by atoms with Crippen molar-refractivity contribution < 1.29 is 14.2 Å². The summed E-state index contributed by atoms with van der Waals surface area (Å²) < 4.78 is 17.6. The highest BCUT2D eigenvalue weighted by Gasteiger charge is 2.11. The van der Waals surface area contributed by atoms with Gasteiger partial charge in [0.05, 0.1) is 17.7 Å². The van der Waals surface area contributed by atoms with Crippen molar-refractivity contribution in [1.82, 2.24) is 0 Å². The molecule has 1 aromatic rings. The van der Waals surface area contributed by atoms with E-state index in [0.29, 0.717) is 37.9 Å². The van der Waals surface area contributed by atoms with Crippen molar-refractivity contribution in [2.24, 2.45) is 5.73 Å². The summed E-state index contributed by atoms with van der Waals surface area (Å²) in [7, 11) is 0. The Bertz CT molecular complexity index is 385. The van der Waals surface area contributed by atoms with E-state index in [2.05, 4.69) is 22.9 Å². The molecule has 4 nitrogen and oxygen atoms in total. The van der Waals surface area contributed by atoms with Gasteiger partial charge in [0.15, 0.2) is 11.5 Å². The lowest BCUT2D eigenvalue weighted by atomic mass is 10.2. The molecule has 0 radical (unpaired) electrons. The minimum atomic E-state index is 0.471. The van der Waals surface area contributed by atoms with Gasteiger partial charge in [0.2, 0.25) is 0 Å². The first-order chi connectivity index (χ1) is 9.22.